The lowest BCUT2D eigenvalue weighted by atomic mass is 9.96. The largest absolute Gasteiger partial charge is 0.295 e. The first-order valence-corrected chi connectivity index (χ1v) is 6.23. The maximum atomic E-state index is 11.3. The van der Waals surface area contributed by atoms with Crippen molar-refractivity contribution in [3.05, 3.63) is 45.5 Å². The van der Waals surface area contributed by atoms with Crippen LogP contribution in [0.3, 0.4) is 0 Å². The molecule has 0 spiro atoms. The highest BCUT2D eigenvalue weighted by atomic mass is 32.2. The molecule has 0 aliphatic heterocycles. The average Bonchev–Trinajstić information content (AvgIpc) is 2.25. The molecule has 0 fully saturated rings. The molecular weight excluding hydrogens is 262 g/mol. The fourth-order valence-corrected chi connectivity index (χ4v) is 2.49. The number of hydrogen-bond acceptors (Lipinski definition) is 5. The van der Waals surface area contributed by atoms with Gasteiger partial charge in [0, 0.05) is 30.2 Å². The fourth-order valence-electron chi connectivity index (χ4n) is 1.74. The second kappa shape index (κ2) is 4.00. The van der Waals surface area contributed by atoms with Crippen LogP contribution in [-0.2, 0) is 21.3 Å². The second-order valence-electron chi connectivity index (χ2n) is 3.73. The molecule has 0 radical (unpaired) electrons. The van der Waals surface area contributed by atoms with Crippen molar-refractivity contribution in [2.24, 2.45) is 0 Å². The van der Waals surface area contributed by atoms with Gasteiger partial charge in [0.15, 0.2) is 5.78 Å². The molecule has 1 aliphatic rings. The SMILES string of the molecule is O=C1C=C(S(=O)(=O)O)c2cc([N+](=O)[O-])ccc2C1. The highest BCUT2D eigenvalue weighted by Crippen LogP contribution is 2.31. The molecule has 1 aromatic rings. The number of nitro groups is 1. The third-order valence-corrected chi connectivity index (χ3v) is 3.40. The van der Waals surface area contributed by atoms with Crippen LogP contribution in [0.15, 0.2) is 24.3 Å². The molecular formula is C10H7NO6S. The van der Waals surface area contributed by atoms with Crippen molar-refractivity contribution in [3.63, 3.8) is 0 Å². The topological polar surface area (TPSA) is 115 Å². The van der Waals surface area contributed by atoms with Gasteiger partial charge in [-0.2, -0.15) is 8.42 Å². The summed E-state index contributed by atoms with van der Waals surface area (Å²) in [6.45, 7) is 0. The van der Waals surface area contributed by atoms with E-state index in [1.807, 2.05) is 0 Å². The Labute approximate surface area is 102 Å². The Morgan fingerprint density at radius 2 is 2.00 bits per heavy atom. The molecule has 2 rings (SSSR count). The van der Waals surface area contributed by atoms with Crippen molar-refractivity contribution in [3.8, 4) is 0 Å². The number of non-ortho nitro benzene ring substituents is 1. The summed E-state index contributed by atoms with van der Waals surface area (Å²) in [4.78, 5) is 20.6. The molecule has 8 heteroatoms. The van der Waals surface area contributed by atoms with Gasteiger partial charge >= 0.3 is 0 Å². The minimum atomic E-state index is -4.60. The molecule has 0 amide bonds. The van der Waals surface area contributed by atoms with E-state index in [4.69, 9.17) is 4.55 Å². The fraction of sp³-hybridized carbons (Fsp3) is 0.100. The summed E-state index contributed by atoms with van der Waals surface area (Å²) < 4.78 is 31.3. The van der Waals surface area contributed by atoms with Gasteiger partial charge in [-0.3, -0.25) is 19.5 Å². The van der Waals surface area contributed by atoms with Gasteiger partial charge in [-0.15, -0.1) is 0 Å². The summed E-state index contributed by atoms with van der Waals surface area (Å²) in [5, 5.41) is 10.6. The molecule has 0 heterocycles. The number of allylic oxidation sites excluding steroid dienone is 1. The van der Waals surface area contributed by atoms with Gasteiger partial charge in [-0.25, -0.2) is 0 Å². The molecule has 0 bridgehead atoms. The van der Waals surface area contributed by atoms with Crippen LogP contribution >= 0.6 is 0 Å². The first-order valence-electron chi connectivity index (χ1n) is 4.79. The molecule has 0 saturated carbocycles. The van der Waals surface area contributed by atoms with E-state index < -0.39 is 25.7 Å². The summed E-state index contributed by atoms with van der Waals surface area (Å²) in [6.07, 6.45) is 0.730. The van der Waals surface area contributed by atoms with Crippen molar-refractivity contribution >= 4 is 26.5 Å². The molecule has 1 aromatic carbocycles. The zero-order valence-electron chi connectivity index (χ0n) is 8.86. The lowest BCUT2D eigenvalue weighted by Gasteiger charge is -2.14. The van der Waals surface area contributed by atoms with Crippen molar-refractivity contribution in [2.75, 3.05) is 0 Å². The number of carbonyl (C=O) groups is 1. The van der Waals surface area contributed by atoms with Crippen LogP contribution in [0.5, 0.6) is 0 Å². The van der Waals surface area contributed by atoms with E-state index in [1.165, 1.54) is 12.1 Å². The third-order valence-electron chi connectivity index (χ3n) is 2.50. The summed E-state index contributed by atoms with van der Waals surface area (Å²) in [6, 6.07) is 3.52. The molecule has 7 nitrogen and oxygen atoms in total. The van der Waals surface area contributed by atoms with Crippen LogP contribution in [0.1, 0.15) is 11.1 Å². The highest BCUT2D eigenvalue weighted by molar-refractivity contribution is 7.95. The number of nitro benzene ring substituents is 1. The maximum absolute atomic E-state index is 11.3. The third kappa shape index (κ3) is 2.15. The predicted octanol–water partition coefficient (Wildman–Crippen LogP) is 0.949. The van der Waals surface area contributed by atoms with Gasteiger partial charge in [-0.1, -0.05) is 6.07 Å². The van der Waals surface area contributed by atoms with Crippen LogP contribution in [0, 0.1) is 10.1 Å². The molecule has 0 atom stereocenters. The van der Waals surface area contributed by atoms with Crippen LogP contribution < -0.4 is 0 Å². The summed E-state index contributed by atoms with van der Waals surface area (Å²) in [7, 11) is -4.60. The van der Waals surface area contributed by atoms with E-state index in [9.17, 15) is 23.3 Å². The zero-order chi connectivity index (χ0) is 13.5. The van der Waals surface area contributed by atoms with Crippen LogP contribution in [0.2, 0.25) is 0 Å². The van der Waals surface area contributed by atoms with Gasteiger partial charge < -0.3 is 0 Å². The predicted molar refractivity (Wildman–Crippen MR) is 61.3 cm³/mol. The summed E-state index contributed by atoms with van der Waals surface area (Å²) >= 11 is 0. The Kier molecular flexibility index (Phi) is 2.76. The van der Waals surface area contributed by atoms with Crippen molar-refractivity contribution in [2.45, 2.75) is 6.42 Å². The molecule has 18 heavy (non-hydrogen) atoms. The number of fused-ring (bicyclic) bond motifs is 1. The molecule has 0 aromatic heterocycles. The molecule has 94 valence electrons. The number of carbonyl (C=O) groups excluding carboxylic acids is 1. The minimum Gasteiger partial charge on any atom is -0.294 e. The number of hydrogen-bond donors (Lipinski definition) is 1. The second-order valence-corrected chi connectivity index (χ2v) is 5.12. The van der Waals surface area contributed by atoms with Crippen LogP contribution in [0.25, 0.3) is 4.91 Å². The standard InChI is InChI=1S/C10H7NO6S/c12-8-3-6-1-2-7(11(13)14)4-9(6)10(5-8)18(15,16)17/h1-2,4-5H,3H2,(H,15,16,17). The molecule has 1 aliphatic carbocycles. The van der Waals surface area contributed by atoms with Gasteiger partial charge in [-0.05, 0) is 5.56 Å². The van der Waals surface area contributed by atoms with Gasteiger partial charge in [0.25, 0.3) is 15.8 Å². The van der Waals surface area contributed by atoms with E-state index in [-0.39, 0.29) is 17.7 Å². The Balaban J connectivity index is 2.70. The monoisotopic (exact) mass is 269 g/mol. The lowest BCUT2D eigenvalue weighted by molar-refractivity contribution is -0.384. The van der Waals surface area contributed by atoms with Crippen molar-refractivity contribution < 1.29 is 22.7 Å². The lowest BCUT2D eigenvalue weighted by Crippen LogP contribution is -2.14. The van der Waals surface area contributed by atoms with Crippen molar-refractivity contribution in [1.82, 2.24) is 0 Å². The Morgan fingerprint density at radius 3 is 2.56 bits per heavy atom. The highest BCUT2D eigenvalue weighted by Gasteiger charge is 2.27. The first kappa shape index (κ1) is 12.4. The quantitative estimate of drug-likeness (QED) is 0.485. The van der Waals surface area contributed by atoms with Gasteiger partial charge in [0.2, 0.25) is 0 Å². The molecule has 0 saturated heterocycles. The van der Waals surface area contributed by atoms with E-state index in [2.05, 4.69) is 0 Å². The Morgan fingerprint density at radius 1 is 1.33 bits per heavy atom. The van der Waals surface area contributed by atoms with Gasteiger partial charge in [0.1, 0.15) is 4.91 Å². The Hall–Kier alpha value is -2.06. The molecule has 1 N–H and O–H groups in total. The summed E-state index contributed by atoms with van der Waals surface area (Å²) in [5.41, 5.74) is 0.0182. The number of nitrogens with zero attached hydrogens (tertiary/aromatic N) is 1. The van der Waals surface area contributed by atoms with E-state index in [0.717, 1.165) is 12.1 Å². The minimum absolute atomic E-state index is 0.00806. The van der Waals surface area contributed by atoms with E-state index >= 15 is 0 Å². The average molecular weight is 269 g/mol. The summed E-state index contributed by atoms with van der Waals surface area (Å²) in [5.74, 6) is -0.482. The van der Waals surface area contributed by atoms with Crippen LogP contribution in [-0.4, -0.2) is 23.7 Å². The van der Waals surface area contributed by atoms with Crippen LogP contribution in [0.4, 0.5) is 5.69 Å². The zero-order valence-corrected chi connectivity index (χ0v) is 9.68. The molecule has 0 unspecified atom stereocenters. The van der Waals surface area contributed by atoms with E-state index in [0.29, 0.717) is 5.56 Å². The smallest absolute Gasteiger partial charge is 0.294 e. The van der Waals surface area contributed by atoms with E-state index in [1.54, 1.807) is 0 Å². The van der Waals surface area contributed by atoms with Gasteiger partial charge in [0.05, 0.1) is 4.92 Å². The first-order chi connectivity index (χ1) is 8.29. The maximum Gasteiger partial charge on any atom is 0.295 e. The van der Waals surface area contributed by atoms with Crippen molar-refractivity contribution in [1.29, 1.82) is 0 Å². The Bertz CT molecular complexity index is 688. The number of benzene rings is 1. The normalized spacial score (nSPS) is 14.9. The number of ketones is 1. The number of rotatable bonds is 2.